The maximum absolute atomic E-state index is 13.0. The van der Waals surface area contributed by atoms with Gasteiger partial charge in [0, 0.05) is 17.7 Å². The van der Waals surface area contributed by atoms with Crippen LogP contribution in [0, 0.1) is 16.0 Å². The first kappa shape index (κ1) is 22.0. The number of nitro benzene ring substituents is 1. The van der Waals surface area contributed by atoms with E-state index in [1.165, 1.54) is 24.3 Å². The van der Waals surface area contributed by atoms with Gasteiger partial charge in [-0.2, -0.15) is 5.10 Å². The first-order valence-electron chi connectivity index (χ1n) is 10.00. The van der Waals surface area contributed by atoms with E-state index in [9.17, 15) is 14.9 Å². The predicted molar refractivity (Wildman–Crippen MR) is 120 cm³/mol. The van der Waals surface area contributed by atoms with Gasteiger partial charge in [0.05, 0.1) is 10.6 Å². The summed E-state index contributed by atoms with van der Waals surface area (Å²) in [6, 6.07) is 14.7. The minimum atomic E-state index is -0.961. The number of allylic oxidation sites excluding steroid dienone is 3. The highest BCUT2D eigenvalue weighted by Crippen LogP contribution is 2.27. The molecule has 0 spiro atoms. The Hall–Kier alpha value is -3.74. The van der Waals surface area contributed by atoms with E-state index in [4.69, 9.17) is 4.74 Å². The van der Waals surface area contributed by atoms with Gasteiger partial charge in [-0.15, -0.1) is 0 Å². The van der Waals surface area contributed by atoms with E-state index >= 15 is 0 Å². The molecule has 2 atom stereocenters. The Morgan fingerprint density at radius 2 is 1.90 bits per heavy atom. The molecule has 2 aromatic rings. The van der Waals surface area contributed by atoms with Crippen LogP contribution >= 0.6 is 0 Å². The highest BCUT2D eigenvalue weighted by atomic mass is 16.6. The second-order valence-electron chi connectivity index (χ2n) is 7.56. The van der Waals surface area contributed by atoms with E-state index in [1.54, 1.807) is 12.1 Å². The van der Waals surface area contributed by atoms with Crippen molar-refractivity contribution in [2.45, 2.75) is 32.8 Å². The van der Waals surface area contributed by atoms with Crippen LogP contribution < -0.4 is 10.2 Å². The fraction of sp³-hybridized carbons (Fsp3) is 0.250. The number of ether oxygens (including phenoxy) is 1. The van der Waals surface area contributed by atoms with Gasteiger partial charge in [-0.3, -0.25) is 14.9 Å². The van der Waals surface area contributed by atoms with Crippen molar-refractivity contribution in [2.75, 3.05) is 0 Å². The number of amides is 1. The Bertz CT molecular complexity index is 1030. The van der Waals surface area contributed by atoms with Crippen LogP contribution in [0.25, 0.3) is 0 Å². The zero-order valence-corrected chi connectivity index (χ0v) is 17.6. The number of hydrogen-bond donors (Lipinski definition) is 1. The standard InChI is InChI=1S/C24H25N3O4/c1-16(2)19-10-9-17(3)22(15-19)25-26-24(28)23(18-7-5-4-6-8-18)31-21-13-11-20(12-14-21)27(29)30/h4-9,11-14,19,23H,1,10,15H2,2-3H3,(H,26,28). The van der Waals surface area contributed by atoms with Crippen molar-refractivity contribution in [2.24, 2.45) is 11.0 Å². The van der Waals surface area contributed by atoms with Gasteiger partial charge in [0.15, 0.2) is 0 Å². The van der Waals surface area contributed by atoms with Gasteiger partial charge in [0.25, 0.3) is 11.6 Å². The molecular formula is C24H25N3O4. The number of benzene rings is 2. The van der Waals surface area contributed by atoms with Crippen LogP contribution in [-0.2, 0) is 4.79 Å². The molecule has 0 bridgehead atoms. The predicted octanol–water partition coefficient (Wildman–Crippen LogP) is 5.12. The van der Waals surface area contributed by atoms with Crippen LogP contribution in [0.2, 0.25) is 0 Å². The van der Waals surface area contributed by atoms with Crippen molar-refractivity contribution in [1.29, 1.82) is 0 Å². The summed E-state index contributed by atoms with van der Waals surface area (Å²) in [5.41, 5.74) is 6.17. The Morgan fingerprint density at radius 3 is 2.52 bits per heavy atom. The molecule has 1 amide bonds. The monoisotopic (exact) mass is 419 g/mol. The van der Waals surface area contributed by atoms with Crippen LogP contribution in [-0.4, -0.2) is 16.5 Å². The summed E-state index contributed by atoms with van der Waals surface area (Å²) in [5.74, 6) is 0.223. The van der Waals surface area contributed by atoms with Gasteiger partial charge in [0.1, 0.15) is 5.75 Å². The lowest BCUT2D eigenvalue weighted by Crippen LogP contribution is -2.30. The molecule has 31 heavy (non-hydrogen) atoms. The van der Waals surface area contributed by atoms with Gasteiger partial charge in [-0.05, 0) is 50.3 Å². The third-order valence-electron chi connectivity index (χ3n) is 5.24. The third kappa shape index (κ3) is 5.66. The quantitative estimate of drug-likeness (QED) is 0.383. The zero-order chi connectivity index (χ0) is 22.4. The number of nitrogens with one attached hydrogen (secondary N) is 1. The molecule has 2 unspecified atom stereocenters. The summed E-state index contributed by atoms with van der Waals surface area (Å²) in [6.07, 6.45) is 2.79. The van der Waals surface area contributed by atoms with Gasteiger partial charge in [0.2, 0.25) is 6.10 Å². The molecule has 7 nitrogen and oxygen atoms in total. The largest absolute Gasteiger partial charge is 0.476 e. The molecule has 0 aromatic heterocycles. The van der Waals surface area contributed by atoms with Crippen molar-refractivity contribution in [3.63, 3.8) is 0 Å². The summed E-state index contributed by atoms with van der Waals surface area (Å²) >= 11 is 0. The van der Waals surface area contributed by atoms with E-state index < -0.39 is 16.9 Å². The molecule has 0 radical (unpaired) electrons. The van der Waals surface area contributed by atoms with Crippen LogP contribution in [0.3, 0.4) is 0 Å². The second-order valence-corrected chi connectivity index (χ2v) is 7.56. The molecule has 1 aliphatic rings. The molecule has 160 valence electrons. The zero-order valence-electron chi connectivity index (χ0n) is 17.6. The van der Waals surface area contributed by atoms with Crippen LogP contribution in [0.5, 0.6) is 5.75 Å². The van der Waals surface area contributed by atoms with E-state index in [0.29, 0.717) is 17.2 Å². The third-order valence-corrected chi connectivity index (χ3v) is 5.24. The lowest BCUT2D eigenvalue weighted by atomic mass is 9.85. The van der Waals surface area contributed by atoms with Crippen molar-refractivity contribution < 1.29 is 14.5 Å². The average molecular weight is 419 g/mol. The number of nitro groups is 1. The number of carbonyl (C=O) groups excluding carboxylic acids is 1. The molecular weight excluding hydrogens is 394 g/mol. The molecule has 1 aliphatic carbocycles. The summed E-state index contributed by atoms with van der Waals surface area (Å²) in [5, 5.41) is 15.2. The maximum atomic E-state index is 13.0. The normalized spacial score (nSPS) is 18.1. The van der Waals surface area contributed by atoms with Crippen LogP contribution in [0.4, 0.5) is 5.69 Å². The highest BCUT2D eigenvalue weighted by Gasteiger charge is 2.24. The SMILES string of the molecule is C=C(C)C1CC=C(C)C(=NNC(=O)C(Oc2ccc([N+](=O)[O-])cc2)c2ccccc2)C1. The number of carbonyl (C=O) groups is 1. The fourth-order valence-electron chi connectivity index (χ4n) is 3.29. The van der Waals surface area contributed by atoms with Gasteiger partial charge in [-0.1, -0.05) is 48.6 Å². The topological polar surface area (TPSA) is 93.8 Å². The number of rotatable bonds is 7. The van der Waals surface area contributed by atoms with Crippen molar-refractivity contribution in [3.05, 3.63) is 94.1 Å². The first-order valence-corrected chi connectivity index (χ1v) is 10.00. The maximum Gasteiger partial charge on any atom is 0.285 e. The minimum absolute atomic E-state index is 0.0499. The number of nitrogens with zero attached hydrogens (tertiary/aromatic N) is 2. The van der Waals surface area contributed by atoms with Crippen molar-refractivity contribution in [3.8, 4) is 5.75 Å². The molecule has 0 saturated carbocycles. The summed E-state index contributed by atoms with van der Waals surface area (Å²) in [6.45, 7) is 8.00. The van der Waals surface area contributed by atoms with Crippen molar-refractivity contribution >= 4 is 17.3 Å². The Kier molecular flexibility index (Phi) is 6.97. The Labute approximate surface area is 181 Å². The van der Waals surface area contributed by atoms with E-state index in [-0.39, 0.29) is 5.69 Å². The fourth-order valence-corrected chi connectivity index (χ4v) is 3.29. The van der Waals surface area contributed by atoms with Gasteiger partial charge < -0.3 is 4.74 Å². The van der Waals surface area contributed by atoms with E-state index in [0.717, 1.165) is 29.7 Å². The lowest BCUT2D eigenvalue weighted by Gasteiger charge is -2.23. The molecule has 3 rings (SSSR count). The molecule has 7 heteroatoms. The highest BCUT2D eigenvalue weighted by molar-refractivity contribution is 6.01. The number of non-ortho nitro benzene ring substituents is 1. The van der Waals surface area contributed by atoms with Gasteiger partial charge >= 0.3 is 0 Å². The Balaban J connectivity index is 1.80. The van der Waals surface area contributed by atoms with E-state index in [1.807, 2.05) is 32.0 Å². The lowest BCUT2D eigenvalue weighted by molar-refractivity contribution is -0.384. The molecule has 2 aromatic carbocycles. The molecule has 0 fully saturated rings. The van der Waals surface area contributed by atoms with Crippen molar-refractivity contribution in [1.82, 2.24) is 5.43 Å². The first-order chi connectivity index (χ1) is 14.8. The summed E-state index contributed by atoms with van der Waals surface area (Å²) in [4.78, 5) is 23.4. The van der Waals surface area contributed by atoms with Crippen LogP contribution in [0.1, 0.15) is 38.4 Å². The smallest absolute Gasteiger partial charge is 0.285 e. The Morgan fingerprint density at radius 1 is 1.23 bits per heavy atom. The van der Waals surface area contributed by atoms with Crippen LogP contribution in [0.15, 0.2) is 83.5 Å². The molecule has 0 aliphatic heterocycles. The summed E-state index contributed by atoms with van der Waals surface area (Å²) < 4.78 is 5.89. The average Bonchev–Trinajstić information content (AvgIpc) is 2.77. The molecule has 0 saturated heterocycles. The number of hydrazone groups is 1. The number of hydrogen-bond acceptors (Lipinski definition) is 5. The van der Waals surface area contributed by atoms with Gasteiger partial charge in [-0.25, -0.2) is 5.43 Å². The molecule has 0 heterocycles. The molecule has 1 N–H and O–H groups in total. The second kappa shape index (κ2) is 9.84. The minimum Gasteiger partial charge on any atom is -0.476 e. The van der Waals surface area contributed by atoms with E-state index in [2.05, 4.69) is 23.2 Å². The summed E-state index contributed by atoms with van der Waals surface area (Å²) in [7, 11) is 0.